The van der Waals surface area contributed by atoms with Gasteiger partial charge in [-0.05, 0) is 12.8 Å². The molecule has 5 nitrogen and oxygen atoms in total. The first-order valence-corrected chi connectivity index (χ1v) is 5.19. The van der Waals surface area contributed by atoms with Gasteiger partial charge in [-0.1, -0.05) is 6.08 Å². The van der Waals surface area contributed by atoms with Gasteiger partial charge < -0.3 is 10.2 Å². The highest BCUT2D eigenvalue weighted by atomic mass is 31.1. The Morgan fingerprint density at radius 3 is 1.80 bits per heavy atom. The Morgan fingerprint density at radius 2 is 1.60 bits per heavy atom. The molecule has 0 saturated heterocycles. The molecule has 0 aliphatic heterocycles. The van der Waals surface area contributed by atoms with Crippen molar-refractivity contribution in [2.75, 3.05) is 0 Å². The molecule has 0 amide bonds. The molecule has 0 aromatic heterocycles. The monoisotopic (exact) mass is 232 g/mol. The fourth-order valence-electron chi connectivity index (χ4n) is 1.10. The van der Waals surface area contributed by atoms with Gasteiger partial charge in [0.15, 0.2) is 8.46 Å². The fraction of sp³-hybridized carbons (Fsp3) is 0.556. The summed E-state index contributed by atoms with van der Waals surface area (Å²) in [5.41, 5.74) is 0. The second-order valence-corrected chi connectivity index (χ2v) is 4.26. The molecule has 0 bridgehead atoms. The first-order chi connectivity index (χ1) is 6.95. The normalized spacial score (nSPS) is 11.2. The molecule has 0 spiro atoms. The van der Waals surface area contributed by atoms with Crippen molar-refractivity contribution in [1.82, 2.24) is 0 Å². The maximum Gasteiger partial charge on any atom is 0.303 e. The molecule has 0 aromatic carbocycles. The lowest BCUT2D eigenvalue weighted by Crippen LogP contribution is -2.21. The maximum atomic E-state index is 10.9. The van der Waals surface area contributed by atoms with Crippen LogP contribution >= 0.6 is 8.46 Å². The van der Waals surface area contributed by atoms with Crippen molar-refractivity contribution >= 4 is 20.4 Å². The number of hydrogen-bond donors (Lipinski definition) is 2. The molecule has 0 aliphatic rings. The molecular formula is C9H13O5P. The maximum absolute atomic E-state index is 10.9. The second kappa shape index (κ2) is 6.30. The van der Waals surface area contributed by atoms with Gasteiger partial charge in [0.2, 0.25) is 0 Å². The van der Waals surface area contributed by atoms with Crippen LogP contribution in [0.3, 0.4) is 0 Å². The smallest absolute Gasteiger partial charge is 0.303 e. The van der Waals surface area contributed by atoms with Gasteiger partial charge in [-0.15, -0.1) is 6.58 Å². The van der Waals surface area contributed by atoms with Gasteiger partial charge in [0, 0.05) is 12.8 Å². The van der Waals surface area contributed by atoms with Gasteiger partial charge in [-0.2, -0.15) is 0 Å². The van der Waals surface area contributed by atoms with E-state index in [1.165, 1.54) is 6.08 Å². The molecule has 0 saturated carbocycles. The van der Waals surface area contributed by atoms with E-state index in [1.54, 1.807) is 0 Å². The molecule has 0 fully saturated rings. The summed E-state index contributed by atoms with van der Waals surface area (Å²) in [5, 5.41) is 16.0. The Bertz CT molecular complexity index is 246. The van der Waals surface area contributed by atoms with Gasteiger partial charge in [-0.3, -0.25) is 14.2 Å². The Kier molecular flexibility index (Phi) is 5.79. The molecule has 0 atom stereocenters. The molecule has 84 valence electrons. The van der Waals surface area contributed by atoms with Gasteiger partial charge in [0.05, 0.1) is 5.16 Å². The van der Waals surface area contributed by atoms with E-state index < -0.39 is 17.1 Å². The highest BCUT2D eigenvalue weighted by Gasteiger charge is 2.28. The van der Waals surface area contributed by atoms with E-state index in [2.05, 4.69) is 6.58 Å². The minimum atomic E-state index is -1.000. The average molecular weight is 232 g/mol. The lowest BCUT2D eigenvalue weighted by atomic mass is 9.96. The Hall–Kier alpha value is -1.22. The van der Waals surface area contributed by atoms with E-state index in [0.29, 0.717) is 0 Å². The predicted octanol–water partition coefficient (Wildman–Crippen LogP) is 1.93. The van der Waals surface area contributed by atoms with Crippen LogP contribution in [0.15, 0.2) is 12.7 Å². The molecule has 0 unspecified atom stereocenters. The third kappa shape index (κ3) is 5.27. The molecule has 0 radical (unpaired) electrons. The van der Waals surface area contributed by atoms with E-state index in [-0.39, 0.29) is 34.1 Å². The van der Waals surface area contributed by atoms with E-state index >= 15 is 0 Å². The molecular weight excluding hydrogens is 219 g/mol. The summed E-state index contributed by atoms with van der Waals surface area (Å²) < 4.78 is 10.9. The first kappa shape index (κ1) is 13.8. The van der Waals surface area contributed by atoms with Crippen LogP contribution in [0.2, 0.25) is 0 Å². The van der Waals surface area contributed by atoms with E-state index in [9.17, 15) is 14.2 Å². The Morgan fingerprint density at radius 1 is 1.20 bits per heavy atom. The zero-order valence-electron chi connectivity index (χ0n) is 8.18. The van der Waals surface area contributed by atoms with E-state index in [1.807, 2.05) is 0 Å². The summed E-state index contributed by atoms with van der Waals surface area (Å²) in [6, 6.07) is 0. The third-order valence-electron chi connectivity index (χ3n) is 2.11. The van der Waals surface area contributed by atoms with E-state index in [0.717, 1.165) is 0 Å². The fourth-order valence-corrected chi connectivity index (χ4v) is 1.59. The minimum absolute atomic E-state index is 0.129. The largest absolute Gasteiger partial charge is 0.481 e. The highest BCUT2D eigenvalue weighted by molar-refractivity contribution is 7.26. The minimum Gasteiger partial charge on any atom is -0.481 e. The molecule has 0 aromatic rings. The van der Waals surface area contributed by atoms with Crippen LogP contribution in [-0.2, 0) is 14.2 Å². The van der Waals surface area contributed by atoms with Crippen LogP contribution in [0.5, 0.6) is 0 Å². The first-order valence-electron chi connectivity index (χ1n) is 4.37. The van der Waals surface area contributed by atoms with Crippen LogP contribution in [0.4, 0.5) is 0 Å². The van der Waals surface area contributed by atoms with Gasteiger partial charge in [0.1, 0.15) is 0 Å². The van der Waals surface area contributed by atoms with Crippen molar-refractivity contribution in [2.45, 2.75) is 30.8 Å². The van der Waals surface area contributed by atoms with Gasteiger partial charge >= 0.3 is 11.9 Å². The van der Waals surface area contributed by atoms with Crippen molar-refractivity contribution in [3.63, 3.8) is 0 Å². The lowest BCUT2D eigenvalue weighted by Gasteiger charge is -2.20. The standard InChI is InChI=1S/C9H13O5P/c1-2-9(15-14,5-3-7(10)11)6-4-8(12)13/h2H,1,3-6H2,(H,10,11)(H,12,13). The van der Waals surface area contributed by atoms with E-state index in [4.69, 9.17) is 10.2 Å². The number of aliphatic carboxylic acids is 2. The van der Waals surface area contributed by atoms with Crippen LogP contribution in [0.1, 0.15) is 25.7 Å². The van der Waals surface area contributed by atoms with Gasteiger partial charge in [0.25, 0.3) is 0 Å². The summed E-state index contributed by atoms with van der Waals surface area (Å²) in [4.78, 5) is 20.7. The third-order valence-corrected chi connectivity index (χ3v) is 3.10. The summed E-state index contributed by atoms with van der Waals surface area (Å²) >= 11 is 0. The molecule has 15 heavy (non-hydrogen) atoms. The van der Waals surface area contributed by atoms with Crippen LogP contribution in [0, 0.1) is 0 Å². The molecule has 0 aliphatic carbocycles. The number of allylic oxidation sites excluding steroid dienone is 1. The van der Waals surface area contributed by atoms with Crippen LogP contribution < -0.4 is 0 Å². The van der Waals surface area contributed by atoms with Crippen LogP contribution in [0.25, 0.3) is 0 Å². The zero-order chi connectivity index (χ0) is 11.9. The number of rotatable bonds is 8. The predicted molar refractivity (Wildman–Crippen MR) is 54.3 cm³/mol. The van der Waals surface area contributed by atoms with Crippen molar-refractivity contribution in [3.8, 4) is 0 Å². The molecule has 6 heteroatoms. The van der Waals surface area contributed by atoms with Crippen molar-refractivity contribution in [2.24, 2.45) is 0 Å². The number of carboxylic acids is 2. The SMILES string of the molecule is C=CC(CCC(=O)O)(CCC(=O)O)P=O. The Labute approximate surface area is 89.0 Å². The van der Waals surface area contributed by atoms with Crippen LogP contribution in [-0.4, -0.2) is 27.3 Å². The van der Waals surface area contributed by atoms with Gasteiger partial charge in [-0.25, -0.2) is 0 Å². The molecule has 2 N–H and O–H groups in total. The highest BCUT2D eigenvalue weighted by Crippen LogP contribution is 2.34. The number of carbonyl (C=O) groups is 2. The van der Waals surface area contributed by atoms with Crippen molar-refractivity contribution in [1.29, 1.82) is 0 Å². The molecule has 0 rings (SSSR count). The Balaban J connectivity index is 4.42. The van der Waals surface area contributed by atoms with Crippen molar-refractivity contribution < 1.29 is 24.4 Å². The average Bonchev–Trinajstić information content (AvgIpc) is 2.19. The lowest BCUT2D eigenvalue weighted by molar-refractivity contribution is -0.137. The second-order valence-electron chi connectivity index (χ2n) is 3.19. The van der Waals surface area contributed by atoms with Crippen molar-refractivity contribution in [3.05, 3.63) is 12.7 Å². The summed E-state index contributed by atoms with van der Waals surface area (Å²) in [6.07, 6.45) is 1.32. The summed E-state index contributed by atoms with van der Waals surface area (Å²) in [7, 11) is -0.285. The number of hydrogen-bond acceptors (Lipinski definition) is 3. The quantitative estimate of drug-likeness (QED) is 0.492. The number of carboxylic acid groups (broad SMARTS) is 2. The summed E-state index contributed by atoms with van der Waals surface area (Å²) in [6.45, 7) is 3.47. The topological polar surface area (TPSA) is 91.7 Å². The molecule has 0 heterocycles. The zero-order valence-corrected chi connectivity index (χ0v) is 9.07. The summed E-state index contributed by atoms with van der Waals surface area (Å²) in [5.74, 6) is -2.00.